The minimum atomic E-state index is -2.87. The lowest BCUT2D eigenvalue weighted by atomic mass is 10.0. The molecule has 1 unspecified atom stereocenters. The van der Waals surface area contributed by atoms with Gasteiger partial charge in [0.25, 0.3) is 0 Å². The molecule has 0 aliphatic carbocycles. The Balaban J connectivity index is 2.71. The van der Waals surface area contributed by atoms with E-state index >= 15 is 0 Å². The van der Waals surface area contributed by atoms with Gasteiger partial charge in [-0.15, -0.1) is 0 Å². The molecule has 1 rings (SSSR count). The molecular weight excluding hydrogens is 382 g/mol. The first kappa shape index (κ1) is 16.1. The van der Waals surface area contributed by atoms with Crippen LogP contribution in [0.15, 0.2) is 27.1 Å². The molecule has 0 spiro atoms. The average molecular weight is 399 g/mol. The third kappa shape index (κ3) is 5.38. The molecule has 1 aromatic carbocycles. The Labute approximate surface area is 126 Å². The fraction of sp³-hybridized carbons (Fsp3) is 0.500. The second-order valence-electron chi connectivity index (χ2n) is 4.28. The first-order valence-corrected chi connectivity index (χ1v) is 9.28. The molecule has 0 aromatic heterocycles. The molecule has 1 atom stereocenters. The van der Waals surface area contributed by atoms with Crippen LogP contribution < -0.4 is 5.32 Å². The van der Waals surface area contributed by atoms with Gasteiger partial charge in [0.1, 0.15) is 9.84 Å². The molecular formula is C12H17Br2NO2S. The van der Waals surface area contributed by atoms with Gasteiger partial charge in [-0.3, -0.25) is 0 Å². The van der Waals surface area contributed by atoms with Gasteiger partial charge in [-0.1, -0.05) is 37.9 Å². The van der Waals surface area contributed by atoms with Crippen LogP contribution >= 0.6 is 31.9 Å². The van der Waals surface area contributed by atoms with Crippen LogP contribution in [0.1, 0.15) is 24.4 Å². The number of rotatable bonds is 6. The number of hydrogen-bond acceptors (Lipinski definition) is 3. The Morgan fingerprint density at radius 1 is 1.33 bits per heavy atom. The number of nitrogens with one attached hydrogen (secondary N) is 1. The highest BCUT2D eigenvalue weighted by atomic mass is 79.9. The number of halogens is 2. The quantitative estimate of drug-likeness (QED) is 0.799. The van der Waals surface area contributed by atoms with Gasteiger partial charge in [0.15, 0.2) is 0 Å². The van der Waals surface area contributed by atoms with E-state index in [1.54, 1.807) is 0 Å². The zero-order valence-corrected chi connectivity index (χ0v) is 14.4. The molecule has 102 valence electrons. The largest absolute Gasteiger partial charge is 0.313 e. The highest BCUT2D eigenvalue weighted by Crippen LogP contribution is 2.29. The normalized spacial score (nSPS) is 13.6. The monoisotopic (exact) mass is 397 g/mol. The van der Waals surface area contributed by atoms with Crippen LogP contribution in [0.3, 0.4) is 0 Å². The molecule has 0 heterocycles. The lowest BCUT2D eigenvalue weighted by Crippen LogP contribution is -2.18. The first-order valence-electron chi connectivity index (χ1n) is 5.63. The summed E-state index contributed by atoms with van der Waals surface area (Å²) >= 11 is 6.95. The SMILES string of the molecule is CNC(CCCS(C)(=O)=O)c1ccc(Br)cc1Br. The molecule has 0 amide bonds. The summed E-state index contributed by atoms with van der Waals surface area (Å²) in [5, 5.41) is 3.22. The van der Waals surface area contributed by atoms with E-state index in [-0.39, 0.29) is 11.8 Å². The van der Waals surface area contributed by atoms with Gasteiger partial charge < -0.3 is 5.32 Å². The molecule has 3 nitrogen and oxygen atoms in total. The fourth-order valence-corrected chi connectivity index (χ4v) is 3.80. The molecule has 18 heavy (non-hydrogen) atoms. The van der Waals surface area contributed by atoms with Gasteiger partial charge in [0.05, 0.1) is 0 Å². The van der Waals surface area contributed by atoms with E-state index in [0.29, 0.717) is 6.42 Å². The maximum Gasteiger partial charge on any atom is 0.147 e. The molecule has 0 fully saturated rings. The minimum absolute atomic E-state index is 0.161. The summed E-state index contributed by atoms with van der Waals surface area (Å²) < 4.78 is 24.3. The summed E-state index contributed by atoms with van der Waals surface area (Å²) in [7, 11) is -0.986. The smallest absolute Gasteiger partial charge is 0.147 e. The predicted octanol–water partition coefficient (Wildman–Crippen LogP) is 3.30. The zero-order chi connectivity index (χ0) is 13.8. The van der Waals surface area contributed by atoms with Gasteiger partial charge in [-0.2, -0.15) is 0 Å². The fourth-order valence-electron chi connectivity index (χ4n) is 1.79. The number of benzene rings is 1. The van der Waals surface area contributed by atoms with Crippen molar-refractivity contribution in [2.45, 2.75) is 18.9 Å². The summed E-state index contributed by atoms with van der Waals surface area (Å²) in [5.74, 6) is 0.235. The van der Waals surface area contributed by atoms with Crippen molar-refractivity contribution in [2.75, 3.05) is 19.1 Å². The Hall–Kier alpha value is 0.0900. The van der Waals surface area contributed by atoms with Crippen LogP contribution in [0.5, 0.6) is 0 Å². The van der Waals surface area contributed by atoms with E-state index in [9.17, 15) is 8.42 Å². The molecule has 0 aliphatic heterocycles. The van der Waals surface area contributed by atoms with Crippen molar-refractivity contribution in [1.29, 1.82) is 0 Å². The summed E-state index contributed by atoms with van der Waals surface area (Å²) in [5.41, 5.74) is 1.15. The topological polar surface area (TPSA) is 46.2 Å². The Bertz CT molecular complexity index is 503. The van der Waals surface area contributed by atoms with E-state index in [4.69, 9.17) is 0 Å². The van der Waals surface area contributed by atoms with Crippen LogP contribution in [0.25, 0.3) is 0 Å². The van der Waals surface area contributed by atoms with Crippen LogP contribution in [0.2, 0.25) is 0 Å². The van der Waals surface area contributed by atoms with Crippen molar-refractivity contribution in [3.8, 4) is 0 Å². The van der Waals surface area contributed by atoms with Gasteiger partial charge >= 0.3 is 0 Å². The molecule has 0 bridgehead atoms. The van der Waals surface area contributed by atoms with Crippen LogP contribution in [-0.4, -0.2) is 27.5 Å². The lowest BCUT2D eigenvalue weighted by Gasteiger charge is -2.18. The Morgan fingerprint density at radius 3 is 2.50 bits per heavy atom. The molecule has 0 saturated carbocycles. The zero-order valence-electron chi connectivity index (χ0n) is 10.4. The van der Waals surface area contributed by atoms with Crippen molar-refractivity contribution in [3.05, 3.63) is 32.7 Å². The summed E-state index contributed by atoms with van der Waals surface area (Å²) in [6.45, 7) is 0. The third-order valence-electron chi connectivity index (χ3n) is 2.69. The molecule has 0 saturated heterocycles. The third-order valence-corrected chi connectivity index (χ3v) is 4.90. The van der Waals surface area contributed by atoms with E-state index in [1.165, 1.54) is 6.26 Å². The Kier molecular flexibility index (Phi) is 6.30. The molecule has 6 heteroatoms. The number of sulfone groups is 1. The van der Waals surface area contributed by atoms with Crippen LogP contribution in [0.4, 0.5) is 0 Å². The molecule has 1 N–H and O–H groups in total. The summed E-state index contributed by atoms with van der Waals surface area (Å²) in [6, 6.07) is 6.18. The predicted molar refractivity (Wildman–Crippen MR) is 82.6 cm³/mol. The summed E-state index contributed by atoms with van der Waals surface area (Å²) in [6.07, 6.45) is 2.73. The van der Waals surface area contributed by atoms with Gasteiger partial charge in [0.2, 0.25) is 0 Å². The van der Waals surface area contributed by atoms with Crippen molar-refractivity contribution in [1.82, 2.24) is 5.32 Å². The van der Waals surface area contributed by atoms with E-state index in [2.05, 4.69) is 37.2 Å². The lowest BCUT2D eigenvalue weighted by molar-refractivity contribution is 0.534. The van der Waals surface area contributed by atoms with Gasteiger partial charge in [0, 0.05) is 27.0 Å². The van der Waals surface area contributed by atoms with Gasteiger partial charge in [-0.05, 0) is 37.6 Å². The van der Waals surface area contributed by atoms with E-state index < -0.39 is 9.84 Å². The highest BCUT2D eigenvalue weighted by Gasteiger charge is 2.13. The standard InChI is InChI=1S/C12H17Br2NO2S/c1-15-12(4-3-7-18(2,16)17)10-6-5-9(13)8-11(10)14/h5-6,8,12,15H,3-4,7H2,1-2H3. The molecule has 1 aromatic rings. The van der Waals surface area contributed by atoms with Crippen molar-refractivity contribution < 1.29 is 8.42 Å². The van der Waals surface area contributed by atoms with Crippen LogP contribution in [0, 0.1) is 0 Å². The highest BCUT2D eigenvalue weighted by molar-refractivity contribution is 9.11. The maximum absolute atomic E-state index is 11.1. The van der Waals surface area contributed by atoms with Crippen molar-refractivity contribution in [3.63, 3.8) is 0 Å². The van der Waals surface area contributed by atoms with Crippen molar-refractivity contribution >= 4 is 41.7 Å². The average Bonchev–Trinajstić information content (AvgIpc) is 2.24. The maximum atomic E-state index is 11.1. The first-order chi connectivity index (χ1) is 8.33. The van der Waals surface area contributed by atoms with E-state index in [1.807, 2.05) is 25.2 Å². The van der Waals surface area contributed by atoms with E-state index in [0.717, 1.165) is 20.9 Å². The van der Waals surface area contributed by atoms with Crippen molar-refractivity contribution in [2.24, 2.45) is 0 Å². The second-order valence-corrected chi connectivity index (χ2v) is 8.31. The summed E-state index contributed by atoms with van der Waals surface area (Å²) in [4.78, 5) is 0. The second kappa shape index (κ2) is 7.03. The molecule has 0 aliphatic rings. The minimum Gasteiger partial charge on any atom is -0.313 e. The Morgan fingerprint density at radius 2 is 2.00 bits per heavy atom. The van der Waals surface area contributed by atoms with Gasteiger partial charge in [-0.25, -0.2) is 8.42 Å². The number of hydrogen-bond donors (Lipinski definition) is 1. The molecule has 0 radical (unpaired) electrons. The van der Waals surface area contributed by atoms with Crippen LogP contribution in [-0.2, 0) is 9.84 Å².